The maximum Gasteiger partial charge on any atom is 0.323 e. The maximum atomic E-state index is 11.3. The van der Waals surface area contributed by atoms with Gasteiger partial charge in [-0.05, 0) is 31.5 Å². The summed E-state index contributed by atoms with van der Waals surface area (Å²) in [6, 6.07) is 6.16. The molecule has 3 N–H and O–H groups in total. The van der Waals surface area contributed by atoms with Crippen LogP contribution in [0, 0.1) is 0 Å². The number of benzene rings is 1. The summed E-state index contributed by atoms with van der Waals surface area (Å²) in [5, 5.41) is 3.38. The van der Waals surface area contributed by atoms with Gasteiger partial charge in [-0.2, -0.15) is 0 Å². The van der Waals surface area contributed by atoms with Gasteiger partial charge < -0.3 is 15.3 Å². The van der Waals surface area contributed by atoms with Crippen molar-refractivity contribution in [3.05, 3.63) is 34.2 Å². The van der Waals surface area contributed by atoms with Crippen LogP contribution < -0.4 is 11.0 Å². The van der Waals surface area contributed by atoms with Crippen LogP contribution in [0.15, 0.2) is 23.0 Å². The third-order valence-electron chi connectivity index (χ3n) is 4.13. The zero-order chi connectivity index (χ0) is 13.5. The third-order valence-corrected chi connectivity index (χ3v) is 4.13. The second-order valence-corrected chi connectivity index (χ2v) is 5.64. The van der Waals surface area contributed by atoms with Crippen molar-refractivity contribution in [3.63, 3.8) is 0 Å². The summed E-state index contributed by atoms with van der Waals surface area (Å²) in [5.41, 5.74) is 2.81. The highest BCUT2D eigenvalue weighted by Gasteiger charge is 2.29. The Balaban J connectivity index is 1.99. The van der Waals surface area contributed by atoms with Crippen molar-refractivity contribution in [3.8, 4) is 0 Å². The summed E-state index contributed by atoms with van der Waals surface area (Å²) < 4.78 is 0. The molecule has 2 aromatic rings. The first-order chi connectivity index (χ1) is 9.07. The molecule has 1 aromatic carbocycles. The van der Waals surface area contributed by atoms with E-state index in [9.17, 15) is 4.79 Å². The fourth-order valence-electron chi connectivity index (χ4n) is 2.82. The quantitative estimate of drug-likeness (QED) is 0.754. The molecule has 0 radical (unpaired) electrons. The van der Waals surface area contributed by atoms with Crippen LogP contribution in [0.4, 0.5) is 0 Å². The molecule has 0 amide bonds. The molecule has 0 bridgehead atoms. The SMILES string of the molecule is CC(C)(c1ccc2[nH]c(=O)[nH]c2c1)N1CCNCC1. The highest BCUT2D eigenvalue weighted by molar-refractivity contribution is 5.75. The predicted octanol–water partition coefficient (Wildman–Crippen LogP) is 0.996. The Kier molecular flexibility index (Phi) is 2.95. The Morgan fingerprint density at radius 2 is 1.79 bits per heavy atom. The lowest BCUT2D eigenvalue weighted by Gasteiger charge is -2.41. The number of nitrogens with zero attached hydrogens (tertiary/aromatic N) is 1. The molecule has 0 unspecified atom stereocenters. The van der Waals surface area contributed by atoms with Gasteiger partial charge in [0.2, 0.25) is 0 Å². The van der Waals surface area contributed by atoms with Crippen molar-refractivity contribution < 1.29 is 0 Å². The van der Waals surface area contributed by atoms with E-state index in [1.54, 1.807) is 0 Å². The summed E-state index contributed by atoms with van der Waals surface area (Å²) in [6.45, 7) is 8.65. The van der Waals surface area contributed by atoms with E-state index < -0.39 is 0 Å². The van der Waals surface area contributed by atoms with Crippen LogP contribution in [0.3, 0.4) is 0 Å². The first-order valence-electron chi connectivity index (χ1n) is 6.76. The number of nitrogens with one attached hydrogen (secondary N) is 3. The Labute approximate surface area is 112 Å². The highest BCUT2D eigenvalue weighted by Crippen LogP contribution is 2.29. The van der Waals surface area contributed by atoms with Gasteiger partial charge in [-0.25, -0.2) is 4.79 Å². The summed E-state index contributed by atoms with van der Waals surface area (Å²) in [4.78, 5) is 19.4. The molecule has 1 aliphatic heterocycles. The van der Waals surface area contributed by atoms with Crippen molar-refractivity contribution in [1.29, 1.82) is 0 Å². The molecule has 5 heteroatoms. The normalized spacial score (nSPS) is 18.0. The molecule has 2 heterocycles. The van der Waals surface area contributed by atoms with Crippen molar-refractivity contribution in [2.45, 2.75) is 19.4 Å². The van der Waals surface area contributed by atoms with Crippen LogP contribution in [0.1, 0.15) is 19.4 Å². The van der Waals surface area contributed by atoms with Crippen LogP contribution in [0.2, 0.25) is 0 Å². The number of aromatic nitrogens is 2. The second-order valence-electron chi connectivity index (χ2n) is 5.64. The monoisotopic (exact) mass is 260 g/mol. The smallest absolute Gasteiger partial charge is 0.314 e. The summed E-state index contributed by atoms with van der Waals surface area (Å²) in [6.07, 6.45) is 0. The first kappa shape index (κ1) is 12.4. The number of piperazine rings is 1. The van der Waals surface area contributed by atoms with Crippen LogP contribution in [0.5, 0.6) is 0 Å². The maximum absolute atomic E-state index is 11.3. The Hall–Kier alpha value is -1.59. The van der Waals surface area contributed by atoms with Crippen LogP contribution in [0.25, 0.3) is 11.0 Å². The van der Waals surface area contributed by atoms with Gasteiger partial charge in [0.15, 0.2) is 0 Å². The average molecular weight is 260 g/mol. The lowest BCUT2D eigenvalue weighted by molar-refractivity contribution is 0.103. The van der Waals surface area contributed by atoms with E-state index in [1.807, 2.05) is 6.07 Å². The number of rotatable bonds is 2. The number of aromatic amines is 2. The Morgan fingerprint density at radius 1 is 1.11 bits per heavy atom. The van der Waals surface area contributed by atoms with E-state index in [1.165, 1.54) is 5.56 Å². The largest absolute Gasteiger partial charge is 0.323 e. The molecule has 3 rings (SSSR count). The lowest BCUT2D eigenvalue weighted by Crippen LogP contribution is -2.51. The van der Waals surface area contributed by atoms with E-state index in [4.69, 9.17) is 0 Å². The lowest BCUT2D eigenvalue weighted by atomic mass is 9.91. The molecular weight excluding hydrogens is 240 g/mol. The molecule has 1 fully saturated rings. The minimum absolute atomic E-state index is 0.0234. The minimum atomic E-state index is -0.146. The number of H-pyrrole nitrogens is 2. The van der Waals surface area contributed by atoms with Gasteiger partial charge in [0, 0.05) is 31.7 Å². The molecular formula is C14H20N4O. The number of fused-ring (bicyclic) bond motifs is 1. The van der Waals surface area contributed by atoms with Crippen molar-refractivity contribution in [1.82, 2.24) is 20.2 Å². The molecule has 1 saturated heterocycles. The summed E-state index contributed by atoms with van der Waals surface area (Å²) in [7, 11) is 0. The van der Waals surface area contributed by atoms with Gasteiger partial charge in [-0.3, -0.25) is 4.90 Å². The van der Waals surface area contributed by atoms with Crippen LogP contribution >= 0.6 is 0 Å². The van der Waals surface area contributed by atoms with Crippen molar-refractivity contribution in [2.75, 3.05) is 26.2 Å². The Morgan fingerprint density at radius 3 is 2.53 bits per heavy atom. The Bertz CT molecular complexity index is 634. The number of hydrogen-bond donors (Lipinski definition) is 3. The van der Waals surface area contributed by atoms with E-state index in [0.29, 0.717) is 0 Å². The van der Waals surface area contributed by atoms with Gasteiger partial charge >= 0.3 is 5.69 Å². The molecule has 0 spiro atoms. The summed E-state index contributed by atoms with van der Waals surface area (Å²) >= 11 is 0. The molecule has 1 aliphatic rings. The fraction of sp³-hybridized carbons (Fsp3) is 0.500. The zero-order valence-electron chi connectivity index (χ0n) is 11.4. The molecule has 19 heavy (non-hydrogen) atoms. The molecule has 0 aliphatic carbocycles. The van der Waals surface area contributed by atoms with Gasteiger partial charge in [-0.15, -0.1) is 0 Å². The van der Waals surface area contributed by atoms with E-state index in [0.717, 1.165) is 37.2 Å². The number of hydrogen-bond acceptors (Lipinski definition) is 3. The van der Waals surface area contributed by atoms with Crippen molar-refractivity contribution >= 4 is 11.0 Å². The molecule has 0 saturated carbocycles. The van der Waals surface area contributed by atoms with Crippen LogP contribution in [-0.2, 0) is 5.54 Å². The van der Waals surface area contributed by atoms with Crippen LogP contribution in [-0.4, -0.2) is 41.0 Å². The van der Waals surface area contributed by atoms with Gasteiger partial charge in [0.25, 0.3) is 0 Å². The third kappa shape index (κ3) is 2.19. The van der Waals surface area contributed by atoms with E-state index >= 15 is 0 Å². The molecule has 1 aromatic heterocycles. The van der Waals surface area contributed by atoms with E-state index in [-0.39, 0.29) is 11.2 Å². The van der Waals surface area contributed by atoms with Gasteiger partial charge in [0.05, 0.1) is 11.0 Å². The fourth-order valence-corrected chi connectivity index (χ4v) is 2.82. The standard InChI is InChI=1S/C14H20N4O/c1-14(2,18-7-5-15-6-8-18)10-3-4-11-12(9-10)17-13(19)16-11/h3-4,9,15H,5-8H2,1-2H3,(H2,16,17,19). The minimum Gasteiger partial charge on any atom is -0.314 e. The summed E-state index contributed by atoms with van der Waals surface area (Å²) in [5.74, 6) is 0. The second kappa shape index (κ2) is 4.51. The predicted molar refractivity (Wildman–Crippen MR) is 76.4 cm³/mol. The molecule has 0 atom stereocenters. The van der Waals surface area contributed by atoms with Gasteiger partial charge in [0.1, 0.15) is 0 Å². The zero-order valence-corrected chi connectivity index (χ0v) is 11.4. The topological polar surface area (TPSA) is 63.9 Å². The molecule has 5 nitrogen and oxygen atoms in total. The number of imidazole rings is 1. The van der Waals surface area contributed by atoms with Crippen molar-refractivity contribution in [2.24, 2.45) is 0 Å². The first-order valence-corrected chi connectivity index (χ1v) is 6.76. The highest BCUT2D eigenvalue weighted by atomic mass is 16.1. The van der Waals surface area contributed by atoms with E-state index in [2.05, 4.69) is 46.2 Å². The van der Waals surface area contributed by atoms with Gasteiger partial charge in [-0.1, -0.05) is 6.07 Å². The molecule has 102 valence electrons. The average Bonchev–Trinajstić information content (AvgIpc) is 2.78.